The van der Waals surface area contributed by atoms with Crippen molar-refractivity contribution in [2.24, 2.45) is 0 Å². The minimum atomic E-state index is -0.173. The average Bonchev–Trinajstić information content (AvgIpc) is 3.37. The Balaban J connectivity index is 1.24. The van der Waals surface area contributed by atoms with Gasteiger partial charge in [-0.1, -0.05) is 49.4 Å². The molecule has 1 aliphatic heterocycles. The van der Waals surface area contributed by atoms with Gasteiger partial charge in [0.15, 0.2) is 0 Å². The highest BCUT2D eigenvalue weighted by Gasteiger charge is 2.22. The van der Waals surface area contributed by atoms with Crippen LogP contribution in [0.25, 0.3) is 10.9 Å². The lowest BCUT2D eigenvalue weighted by Gasteiger charge is -2.22. The third kappa shape index (κ3) is 5.80. The van der Waals surface area contributed by atoms with Gasteiger partial charge < -0.3 is 15.0 Å². The zero-order valence-electron chi connectivity index (χ0n) is 20.7. The van der Waals surface area contributed by atoms with Gasteiger partial charge in [0.05, 0.1) is 11.1 Å². The van der Waals surface area contributed by atoms with Crippen LogP contribution in [0.1, 0.15) is 42.4 Å². The van der Waals surface area contributed by atoms with Crippen molar-refractivity contribution < 1.29 is 4.74 Å². The van der Waals surface area contributed by atoms with E-state index < -0.39 is 0 Å². The quantitative estimate of drug-likeness (QED) is 0.354. The summed E-state index contributed by atoms with van der Waals surface area (Å²) in [6.45, 7) is 6.12. The molecule has 1 fully saturated rings. The number of nitrogens with zero attached hydrogens (tertiary/aromatic N) is 3. The Hall–Kier alpha value is -3.55. The molecule has 1 saturated heterocycles. The predicted octanol–water partition coefficient (Wildman–Crippen LogP) is 4.06. The molecule has 186 valence electrons. The first-order valence-electron chi connectivity index (χ1n) is 12.8. The standard InChI is InChI=1S/C29H33N5O2/c1-2-34-16-6-9-23(34)18-30-19-26-28-25(14-15-31-26)29(35)33-27(32-28)20-36-24-12-10-22(11-13-24)17-21-7-4-3-5-8-21/h3-5,7-8,10-15,23,30H,2,6,9,16-20H2,1H3,(H,32,33,35). The normalized spacial score (nSPS) is 16.0. The minimum Gasteiger partial charge on any atom is -0.486 e. The summed E-state index contributed by atoms with van der Waals surface area (Å²) in [5.74, 6) is 1.22. The van der Waals surface area contributed by atoms with Crippen molar-refractivity contribution in [3.8, 4) is 5.75 Å². The third-order valence-corrected chi connectivity index (χ3v) is 6.88. The number of pyridine rings is 1. The van der Waals surface area contributed by atoms with E-state index in [9.17, 15) is 4.79 Å². The van der Waals surface area contributed by atoms with E-state index in [1.54, 1.807) is 12.3 Å². The fourth-order valence-corrected chi connectivity index (χ4v) is 4.95. The molecule has 3 heterocycles. The van der Waals surface area contributed by atoms with E-state index in [4.69, 9.17) is 9.72 Å². The van der Waals surface area contributed by atoms with Crippen LogP contribution in [-0.2, 0) is 19.6 Å². The van der Waals surface area contributed by atoms with Crippen LogP contribution in [0, 0.1) is 0 Å². The number of aromatic nitrogens is 3. The number of likely N-dealkylation sites (N-methyl/N-ethyl adjacent to an activating group) is 1. The number of fused-ring (bicyclic) bond motifs is 1. The van der Waals surface area contributed by atoms with Crippen LogP contribution < -0.4 is 15.6 Å². The second-order valence-corrected chi connectivity index (χ2v) is 9.32. The van der Waals surface area contributed by atoms with Crippen molar-refractivity contribution in [3.05, 3.63) is 99.9 Å². The van der Waals surface area contributed by atoms with Crippen molar-refractivity contribution >= 4 is 10.9 Å². The predicted molar refractivity (Wildman–Crippen MR) is 142 cm³/mol. The molecule has 4 aromatic rings. The molecule has 0 spiro atoms. The van der Waals surface area contributed by atoms with Gasteiger partial charge in [0, 0.05) is 25.3 Å². The van der Waals surface area contributed by atoms with Crippen LogP contribution >= 0.6 is 0 Å². The third-order valence-electron chi connectivity index (χ3n) is 6.88. The van der Waals surface area contributed by atoms with Gasteiger partial charge in [-0.25, -0.2) is 4.98 Å². The van der Waals surface area contributed by atoms with Crippen LogP contribution in [-0.4, -0.2) is 45.5 Å². The number of ether oxygens (including phenoxy) is 1. The fourth-order valence-electron chi connectivity index (χ4n) is 4.95. The number of aromatic amines is 1. The molecule has 1 aliphatic rings. The number of rotatable bonds is 10. The van der Waals surface area contributed by atoms with Gasteiger partial charge in [-0.2, -0.15) is 0 Å². The second-order valence-electron chi connectivity index (χ2n) is 9.32. The van der Waals surface area contributed by atoms with E-state index >= 15 is 0 Å². The van der Waals surface area contributed by atoms with Gasteiger partial charge in [-0.05, 0) is 61.7 Å². The number of hydrogen-bond donors (Lipinski definition) is 2. The van der Waals surface area contributed by atoms with E-state index in [0.29, 0.717) is 29.3 Å². The SMILES string of the molecule is CCN1CCCC1CNCc1nccc2c(=O)[nH]c(COc3ccc(Cc4ccccc4)cc3)nc12. The van der Waals surface area contributed by atoms with Crippen molar-refractivity contribution in [1.82, 2.24) is 25.2 Å². The van der Waals surface area contributed by atoms with E-state index in [1.807, 2.05) is 18.2 Å². The number of nitrogens with one attached hydrogen (secondary N) is 2. The van der Waals surface area contributed by atoms with Crippen molar-refractivity contribution in [2.75, 3.05) is 19.6 Å². The molecule has 0 amide bonds. The zero-order chi connectivity index (χ0) is 24.7. The molecule has 2 N–H and O–H groups in total. The Morgan fingerprint density at radius 3 is 2.69 bits per heavy atom. The van der Waals surface area contributed by atoms with Gasteiger partial charge in [-0.3, -0.25) is 14.7 Å². The summed E-state index contributed by atoms with van der Waals surface area (Å²) >= 11 is 0. The Labute approximate surface area is 211 Å². The topological polar surface area (TPSA) is 83.1 Å². The molecule has 0 saturated carbocycles. The van der Waals surface area contributed by atoms with Gasteiger partial charge in [0.1, 0.15) is 23.7 Å². The van der Waals surface area contributed by atoms with Crippen LogP contribution in [0.5, 0.6) is 5.75 Å². The Kier molecular flexibility index (Phi) is 7.69. The monoisotopic (exact) mass is 483 g/mol. The van der Waals surface area contributed by atoms with Gasteiger partial charge in [0.25, 0.3) is 5.56 Å². The Bertz CT molecular complexity index is 1340. The number of benzene rings is 2. The van der Waals surface area contributed by atoms with E-state index in [-0.39, 0.29) is 12.2 Å². The second kappa shape index (κ2) is 11.5. The van der Waals surface area contributed by atoms with Crippen molar-refractivity contribution in [1.29, 1.82) is 0 Å². The Morgan fingerprint density at radius 2 is 1.89 bits per heavy atom. The maximum Gasteiger partial charge on any atom is 0.258 e. The molecular formula is C29H33N5O2. The van der Waals surface area contributed by atoms with Crippen molar-refractivity contribution in [2.45, 2.75) is 45.4 Å². The summed E-state index contributed by atoms with van der Waals surface area (Å²) in [5, 5.41) is 4.08. The first kappa shape index (κ1) is 24.2. The highest BCUT2D eigenvalue weighted by molar-refractivity contribution is 5.79. The van der Waals surface area contributed by atoms with Crippen LogP contribution in [0.3, 0.4) is 0 Å². The average molecular weight is 484 g/mol. The number of H-pyrrole nitrogens is 1. The fraction of sp³-hybridized carbons (Fsp3) is 0.345. The maximum atomic E-state index is 12.7. The summed E-state index contributed by atoms with van der Waals surface area (Å²) in [4.78, 5) is 27.3. The minimum absolute atomic E-state index is 0.173. The maximum absolute atomic E-state index is 12.7. The van der Waals surface area contributed by atoms with E-state index in [0.717, 1.165) is 31.0 Å². The van der Waals surface area contributed by atoms with Crippen molar-refractivity contribution in [3.63, 3.8) is 0 Å². The molecule has 36 heavy (non-hydrogen) atoms. The first-order chi connectivity index (χ1) is 17.7. The highest BCUT2D eigenvalue weighted by atomic mass is 16.5. The molecule has 1 atom stereocenters. The summed E-state index contributed by atoms with van der Waals surface area (Å²) in [7, 11) is 0. The number of hydrogen-bond acceptors (Lipinski definition) is 6. The summed E-state index contributed by atoms with van der Waals surface area (Å²) in [5.41, 5.74) is 3.73. The molecule has 0 aliphatic carbocycles. The largest absolute Gasteiger partial charge is 0.486 e. The summed E-state index contributed by atoms with van der Waals surface area (Å²) in [6.07, 6.45) is 5.03. The molecular weight excluding hydrogens is 450 g/mol. The van der Waals surface area contributed by atoms with Crippen LogP contribution in [0.4, 0.5) is 0 Å². The number of likely N-dealkylation sites (tertiary alicyclic amines) is 1. The van der Waals surface area contributed by atoms with E-state index in [1.165, 1.54) is 30.5 Å². The smallest absolute Gasteiger partial charge is 0.258 e. The lowest BCUT2D eigenvalue weighted by Crippen LogP contribution is -2.37. The Morgan fingerprint density at radius 1 is 1.08 bits per heavy atom. The van der Waals surface area contributed by atoms with Gasteiger partial charge in [-0.15, -0.1) is 0 Å². The van der Waals surface area contributed by atoms with Gasteiger partial charge >= 0.3 is 0 Å². The zero-order valence-corrected chi connectivity index (χ0v) is 20.7. The lowest BCUT2D eigenvalue weighted by atomic mass is 10.1. The molecule has 7 heteroatoms. The molecule has 2 aromatic heterocycles. The van der Waals surface area contributed by atoms with E-state index in [2.05, 4.69) is 63.5 Å². The lowest BCUT2D eigenvalue weighted by molar-refractivity contribution is 0.259. The molecule has 0 bridgehead atoms. The molecule has 2 aromatic carbocycles. The summed E-state index contributed by atoms with van der Waals surface area (Å²) in [6, 6.07) is 20.7. The summed E-state index contributed by atoms with van der Waals surface area (Å²) < 4.78 is 5.94. The van der Waals surface area contributed by atoms with Crippen LogP contribution in [0.2, 0.25) is 0 Å². The first-order valence-corrected chi connectivity index (χ1v) is 12.8. The highest BCUT2D eigenvalue weighted by Crippen LogP contribution is 2.18. The molecule has 0 radical (unpaired) electrons. The van der Waals surface area contributed by atoms with Crippen LogP contribution in [0.15, 0.2) is 71.7 Å². The van der Waals surface area contributed by atoms with Gasteiger partial charge in [0.2, 0.25) is 0 Å². The molecule has 1 unspecified atom stereocenters. The molecule has 5 rings (SSSR count). The molecule has 7 nitrogen and oxygen atoms in total.